The first-order chi connectivity index (χ1) is 63.7. The standard InChI is InChI=1S/C80H130N28O24.C2H4O2/c1-10-37(3)60(63(83)118)106-66(121)41(7)96-72(127)52(32-55(81)113)103-69(124)49(22-17-29-92-80(88)89)100-68(123)47(20-15-27-90-78(84)85)98-57(115)35-94-76(131)62(43(9)111)108-70(125)48(21-16-28-91-79(86)87)99-56(114)34-93-67(122)54(36-109)105-65(120)40(6)97-77(132)61(38(4)11-2)107-74(129)51(30-44-18-13-12-14-19-44)102-73(128)53(33-58(116)117)101-64(119)39(5)95-71(126)50(104-75(130)59(82)42(8)110)31-45-23-25-46(112)26-24-45;1-2(3)4/h12-14,18-19,23-26,37-43,47-54,59-62,109-112H,10-11,15-17,20-22,27-36,82H2,1-9H3,(H2,81,113)(H2,83,118)(H,93,122)(H,94,131)(H,95,126)(H,96,127)(H,97,132)(H,98,115)(H,99,114)(H,100,123)(H,101,119)(H,102,128)(H,103,124)(H,104,130)(H,105,120)(H,106,121)(H,107,129)(H,108,125)(H,116,117)(H4,84,85,90)(H4,86,87,91)(H4,88,89,92);1H3,(H,3,4). The van der Waals surface area contributed by atoms with E-state index in [4.69, 9.17) is 60.5 Å². The molecule has 0 aliphatic heterocycles. The number of guanidine groups is 3. The topological polar surface area (TPSA) is 919 Å². The van der Waals surface area contributed by atoms with E-state index in [1.165, 1.54) is 45.0 Å². The second kappa shape index (κ2) is 61.9. The predicted octanol–water partition coefficient (Wildman–Crippen LogP) is -11.9. The molecule has 40 N–H and O–H groups in total. The first-order valence-electron chi connectivity index (χ1n) is 43.2. The number of primary amides is 2. The van der Waals surface area contributed by atoms with Crippen molar-refractivity contribution in [2.24, 2.45) is 46.2 Å². The number of phenols is 1. The average molecular weight is 1930 g/mol. The third-order valence-corrected chi connectivity index (χ3v) is 20.3. The molecule has 0 fully saturated rings. The van der Waals surface area contributed by atoms with E-state index in [0.717, 1.165) is 20.8 Å². The number of carboxylic acid groups (broad SMARTS) is 2. The number of carbonyl (C=O) groups is 20. The van der Waals surface area contributed by atoms with E-state index in [1.807, 2.05) is 0 Å². The van der Waals surface area contributed by atoms with Gasteiger partial charge in [-0.3, -0.25) is 112 Å². The molecule has 2 rings (SSSR count). The van der Waals surface area contributed by atoms with E-state index < -0.39 is 283 Å². The molecule has 0 aliphatic carbocycles. The minimum atomic E-state index is -1.94. The van der Waals surface area contributed by atoms with Crippen molar-refractivity contribution in [2.75, 3.05) is 39.3 Å². The van der Waals surface area contributed by atoms with Crippen LogP contribution in [-0.4, -0.2) is 309 Å². The first-order valence-corrected chi connectivity index (χ1v) is 43.2. The number of hydrogen-bond donors (Lipinski definition) is 34. The van der Waals surface area contributed by atoms with E-state index in [0.29, 0.717) is 17.5 Å². The van der Waals surface area contributed by atoms with Crippen LogP contribution in [0.4, 0.5) is 0 Å². The molecule has 0 heterocycles. The Labute approximate surface area is 783 Å². The highest BCUT2D eigenvalue weighted by Crippen LogP contribution is 2.16. The summed E-state index contributed by atoms with van der Waals surface area (Å²) in [5.41, 5.74) is 33.9. The van der Waals surface area contributed by atoms with Crippen molar-refractivity contribution in [1.82, 2.24) is 101 Å². The molecule has 0 bridgehead atoms. The van der Waals surface area contributed by atoms with E-state index in [9.17, 15) is 117 Å². The maximum atomic E-state index is 14.5. The van der Waals surface area contributed by atoms with Crippen molar-refractivity contribution >= 4 is 136 Å². The van der Waals surface area contributed by atoms with Gasteiger partial charge < -0.3 is 166 Å². The number of phenolic OH excluding ortho intramolecular Hbond substituents is 1. The van der Waals surface area contributed by atoms with Crippen LogP contribution in [0.1, 0.15) is 145 Å². The fourth-order valence-corrected chi connectivity index (χ4v) is 12.2. The molecule has 2 aromatic rings. The molecule has 18 amide bonds. The molecule has 2 aromatic carbocycles. The van der Waals surface area contributed by atoms with Gasteiger partial charge in [0.1, 0.15) is 96.4 Å². The summed E-state index contributed by atoms with van der Waals surface area (Å²) in [6, 6.07) is -10.6. The van der Waals surface area contributed by atoms with Gasteiger partial charge in [-0.1, -0.05) is 83.0 Å². The summed E-state index contributed by atoms with van der Waals surface area (Å²) in [5, 5.41) is 126. The molecule has 136 heavy (non-hydrogen) atoms. The molecular weight excluding hydrogens is 1790 g/mol. The zero-order valence-electron chi connectivity index (χ0n) is 77.2. The van der Waals surface area contributed by atoms with E-state index in [-0.39, 0.29) is 83.2 Å². The number of benzene rings is 2. The molecule has 19 unspecified atom stereocenters. The van der Waals surface area contributed by atoms with Crippen LogP contribution in [0.25, 0.3) is 0 Å². The van der Waals surface area contributed by atoms with Crippen molar-refractivity contribution in [3.8, 4) is 5.75 Å². The number of nitrogens with one attached hydrogen (secondary N) is 22. The van der Waals surface area contributed by atoms with Gasteiger partial charge in [0.2, 0.25) is 106 Å². The van der Waals surface area contributed by atoms with E-state index in [1.54, 1.807) is 58.0 Å². The van der Waals surface area contributed by atoms with Crippen molar-refractivity contribution in [3.05, 3.63) is 65.7 Å². The molecule has 54 nitrogen and oxygen atoms in total. The highest BCUT2D eigenvalue weighted by Gasteiger charge is 2.39. The highest BCUT2D eigenvalue weighted by atomic mass is 16.4. The summed E-state index contributed by atoms with van der Waals surface area (Å²) in [5.74, 6) is -24.4. The third-order valence-electron chi connectivity index (χ3n) is 20.3. The normalized spacial score (nSPS) is 15.0. The average Bonchev–Trinajstić information content (AvgIpc) is 0.803. The number of amides is 18. The van der Waals surface area contributed by atoms with Crippen LogP contribution < -0.4 is 135 Å². The Balaban J connectivity index is 0.0000226. The molecule has 19 atom stereocenters. The lowest BCUT2D eigenvalue weighted by Crippen LogP contribution is -2.61. The Morgan fingerprint density at radius 3 is 1.10 bits per heavy atom. The van der Waals surface area contributed by atoms with Crippen molar-refractivity contribution in [2.45, 2.75) is 249 Å². The van der Waals surface area contributed by atoms with Crippen molar-refractivity contribution in [1.29, 1.82) is 16.2 Å². The van der Waals surface area contributed by atoms with Crippen LogP contribution in [0, 0.1) is 28.1 Å². The smallest absolute Gasteiger partial charge is 0.305 e. The molecule has 0 radical (unpaired) electrons. The number of carboxylic acids is 2. The summed E-state index contributed by atoms with van der Waals surface area (Å²) >= 11 is 0. The lowest BCUT2D eigenvalue weighted by atomic mass is 9.96. The summed E-state index contributed by atoms with van der Waals surface area (Å²) in [4.78, 5) is 267. The summed E-state index contributed by atoms with van der Waals surface area (Å²) in [6.45, 7) is 10.3. The Morgan fingerprint density at radius 1 is 0.360 bits per heavy atom. The van der Waals surface area contributed by atoms with Crippen LogP contribution in [0.2, 0.25) is 0 Å². The quantitative estimate of drug-likeness (QED) is 0.0166. The van der Waals surface area contributed by atoms with Crippen LogP contribution in [0.15, 0.2) is 54.6 Å². The number of nitrogens with two attached hydrogens (primary N) is 6. The van der Waals surface area contributed by atoms with Gasteiger partial charge in [-0.05, 0) is 108 Å². The van der Waals surface area contributed by atoms with Gasteiger partial charge in [0.25, 0.3) is 5.97 Å². The lowest BCUT2D eigenvalue weighted by Gasteiger charge is -2.29. The Hall–Kier alpha value is -14.7. The van der Waals surface area contributed by atoms with E-state index >= 15 is 0 Å². The molecule has 0 aromatic heterocycles. The number of aliphatic hydroxyl groups excluding tert-OH is 3. The van der Waals surface area contributed by atoms with Gasteiger partial charge in [0, 0.05) is 39.4 Å². The largest absolute Gasteiger partial charge is 0.508 e. The van der Waals surface area contributed by atoms with Gasteiger partial charge in [0.15, 0.2) is 17.9 Å². The van der Waals surface area contributed by atoms with Crippen LogP contribution in [0.5, 0.6) is 5.75 Å². The minimum Gasteiger partial charge on any atom is -0.508 e. The fraction of sp³-hybridized carbons (Fsp3) is 0.573. The van der Waals surface area contributed by atoms with Gasteiger partial charge in [-0.15, -0.1) is 0 Å². The molecule has 0 aliphatic rings. The lowest BCUT2D eigenvalue weighted by molar-refractivity contribution is -0.141. The second-order valence-electron chi connectivity index (χ2n) is 31.9. The highest BCUT2D eigenvalue weighted by molar-refractivity contribution is 6.02. The zero-order chi connectivity index (χ0) is 104. The van der Waals surface area contributed by atoms with Gasteiger partial charge in [0.05, 0.1) is 44.7 Å². The number of carbonyl (C=O) groups excluding carboxylic acids is 18. The van der Waals surface area contributed by atoms with E-state index in [2.05, 4.69) is 101 Å². The van der Waals surface area contributed by atoms with Gasteiger partial charge in [-0.25, -0.2) is 0 Å². The maximum absolute atomic E-state index is 14.5. The van der Waals surface area contributed by atoms with Gasteiger partial charge >= 0.3 is 5.97 Å². The molecule has 0 spiro atoms. The SMILES string of the molecule is CC(=O)O.CCC(C)C(NC(=O)C(C)NC(=O)C(CC(N)=O)NC(=O)C(CCCNC(=N)N)NC(=O)C(CCCNC(=N)N)NC(=O)CNC(=O)C(NC(=O)C(CCCNC(=N)N)NC(=O)CNC(=O)C(CO)NC(=O)C(C)NC(=O)C(NC(=O)C(Cc1ccccc1)NC(=O)C(CC(=O)O)NC(=O)C(C)NC(=O)C(Cc1ccc(O)cc1)NC(=O)C(N)C(C)O)C(C)CC)C(C)O)C(N)=O. The van der Waals surface area contributed by atoms with Crippen LogP contribution >= 0.6 is 0 Å². The van der Waals surface area contributed by atoms with Crippen molar-refractivity contribution < 1.29 is 127 Å². The van der Waals surface area contributed by atoms with Crippen molar-refractivity contribution in [3.63, 3.8) is 0 Å². The monoisotopic (exact) mass is 1930 g/mol. The summed E-state index contributed by atoms with van der Waals surface area (Å²) < 4.78 is 0. The first kappa shape index (κ1) is 119. The minimum absolute atomic E-state index is 0.0108. The number of aliphatic carboxylic acids is 2. The molecule has 54 heteroatoms. The number of aliphatic hydroxyl groups is 3. The predicted molar refractivity (Wildman–Crippen MR) is 485 cm³/mol. The zero-order valence-corrected chi connectivity index (χ0v) is 77.2. The molecule has 0 saturated heterocycles. The number of hydrogen-bond acceptors (Lipinski definition) is 28. The summed E-state index contributed by atoms with van der Waals surface area (Å²) in [6.07, 6.45) is -5.85. The second-order valence-corrected chi connectivity index (χ2v) is 31.9. The van der Waals surface area contributed by atoms with Gasteiger partial charge in [-0.2, -0.15) is 0 Å². The molecule has 0 saturated carbocycles. The molecular formula is C82H134N28O26. The number of aromatic hydroxyl groups is 1. The maximum Gasteiger partial charge on any atom is 0.305 e. The third kappa shape index (κ3) is 47.1. The fourth-order valence-electron chi connectivity index (χ4n) is 12.2. The Kier molecular flexibility index (Phi) is 54.3. The van der Waals surface area contributed by atoms with Crippen LogP contribution in [0.3, 0.4) is 0 Å². The molecule has 758 valence electrons. The Bertz CT molecular complexity index is 4430. The Morgan fingerprint density at radius 2 is 0.691 bits per heavy atom. The summed E-state index contributed by atoms with van der Waals surface area (Å²) in [7, 11) is 0. The van der Waals surface area contributed by atoms with Crippen LogP contribution in [-0.2, 0) is 109 Å². The number of rotatable bonds is 60.